The highest BCUT2D eigenvalue weighted by Gasteiger charge is 2.49. The van der Waals surface area contributed by atoms with Crippen LogP contribution in [0, 0.1) is 6.92 Å². The molecule has 2 rings (SSSR count). The molecule has 0 spiro atoms. The summed E-state index contributed by atoms with van der Waals surface area (Å²) in [5.41, 5.74) is 7.38. The molecule has 1 saturated heterocycles. The molecule has 1 aliphatic heterocycles. The van der Waals surface area contributed by atoms with E-state index in [4.69, 9.17) is 10.5 Å². The molecule has 1 fully saturated rings. The van der Waals surface area contributed by atoms with Gasteiger partial charge in [-0.05, 0) is 52.6 Å². The van der Waals surface area contributed by atoms with E-state index in [0.29, 0.717) is 6.54 Å². The van der Waals surface area contributed by atoms with Crippen LogP contribution >= 0.6 is 0 Å². The van der Waals surface area contributed by atoms with Crippen LogP contribution in [0.2, 0.25) is 0 Å². The van der Waals surface area contributed by atoms with Crippen molar-refractivity contribution in [1.29, 1.82) is 0 Å². The molecule has 1 aliphatic rings. The number of nitrogens with zero attached hydrogens (tertiary/aromatic N) is 1. The topological polar surface area (TPSA) is 55.6 Å². The maximum Gasteiger partial charge on any atom is 0.411 e. The van der Waals surface area contributed by atoms with Crippen LogP contribution in [0.1, 0.15) is 44.7 Å². The van der Waals surface area contributed by atoms with E-state index in [0.717, 1.165) is 24.9 Å². The molecule has 116 valence electrons. The molecule has 1 unspecified atom stereocenters. The van der Waals surface area contributed by atoms with E-state index in [2.05, 4.69) is 25.1 Å². The summed E-state index contributed by atoms with van der Waals surface area (Å²) in [7, 11) is 0. The maximum absolute atomic E-state index is 12.5. The number of benzene rings is 1. The standard InChI is InChI=1S/C17H26N2O2/c1-13-6-5-7-14(12-13)17(8-10-18)9-11-19(17)15(20)21-16(2,3)4/h5-7,12H,8-11,18H2,1-4H3. The lowest BCUT2D eigenvalue weighted by molar-refractivity contribution is -0.0504. The SMILES string of the molecule is Cc1cccc(C2(CCN)CCN2C(=O)OC(C)(C)C)c1. The summed E-state index contributed by atoms with van der Waals surface area (Å²) in [5, 5.41) is 0. The molecule has 0 bridgehead atoms. The van der Waals surface area contributed by atoms with Crippen LogP contribution in [-0.2, 0) is 10.3 Å². The summed E-state index contributed by atoms with van der Waals surface area (Å²) in [4.78, 5) is 14.3. The van der Waals surface area contributed by atoms with Gasteiger partial charge in [0.05, 0.1) is 5.54 Å². The lowest BCUT2D eigenvalue weighted by Gasteiger charge is -2.53. The van der Waals surface area contributed by atoms with Crippen LogP contribution < -0.4 is 5.73 Å². The van der Waals surface area contributed by atoms with E-state index < -0.39 is 5.60 Å². The molecule has 1 amide bonds. The zero-order valence-corrected chi connectivity index (χ0v) is 13.5. The van der Waals surface area contributed by atoms with E-state index in [-0.39, 0.29) is 11.6 Å². The van der Waals surface area contributed by atoms with E-state index in [1.54, 1.807) is 0 Å². The lowest BCUT2D eigenvalue weighted by Crippen LogP contribution is -2.61. The second-order valence-corrected chi connectivity index (χ2v) is 6.82. The fraction of sp³-hybridized carbons (Fsp3) is 0.588. The van der Waals surface area contributed by atoms with Gasteiger partial charge in [0.1, 0.15) is 5.60 Å². The van der Waals surface area contributed by atoms with Crippen LogP contribution in [0.3, 0.4) is 0 Å². The number of carbonyl (C=O) groups is 1. The highest BCUT2D eigenvalue weighted by molar-refractivity contribution is 5.71. The molecule has 1 aromatic carbocycles. The Labute approximate surface area is 127 Å². The van der Waals surface area contributed by atoms with Gasteiger partial charge >= 0.3 is 6.09 Å². The average molecular weight is 290 g/mol. The minimum Gasteiger partial charge on any atom is -0.444 e. The van der Waals surface area contributed by atoms with Gasteiger partial charge in [0.15, 0.2) is 0 Å². The van der Waals surface area contributed by atoms with Gasteiger partial charge in [-0.25, -0.2) is 4.79 Å². The Bertz CT molecular complexity index is 522. The van der Waals surface area contributed by atoms with Crippen molar-refractivity contribution in [3.05, 3.63) is 35.4 Å². The minimum atomic E-state index is -0.478. The molecule has 0 saturated carbocycles. The number of hydrogen-bond donors (Lipinski definition) is 1. The third-order valence-corrected chi connectivity index (χ3v) is 3.99. The first-order valence-corrected chi connectivity index (χ1v) is 7.56. The Morgan fingerprint density at radius 1 is 1.43 bits per heavy atom. The van der Waals surface area contributed by atoms with Crippen LogP contribution in [0.15, 0.2) is 24.3 Å². The molecular weight excluding hydrogens is 264 g/mol. The average Bonchev–Trinajstić information content (AvgIpc) is 2.32. The highest BCUT2D eigenvalue weighted by atomic mass is 16.6. The first-order valence-electron chi connectivity index (χ1n) is 7.56. The predicted molar refractivity (Wildman–Crippen MR) is 84.1 cm³/mol. The van der Waals surface area contributed by atoms with E-state index >= 15 is 0 Å². The minimum absolute atomic E-state index is 0.247. The van der Waals surface area contributed by atoms with Gasteiger partial charge in [0.2, 0.25) is 0 Å². The fourth-order valence-corrected chi connectivity index (χ4v) is 2.95. The number of nitrogens with two attached hydrogens (primary N) is 1. The fourth-order valence-electron chi connectivity index (χ4n) is 2.95. The molecule has 4 nitrogen and oxygen atoms in total. The number of ether oxygens (including phenoxy) is 1. The Morgan fingerprint density at radius 3 is 2.62 bits per heavy atom. The third-order valence-electron chi connectivity index (χ3n) is 3.99. The number of likely N-dealkylation sites (tertiary alicyclic amines) is 1. The number of aryl methyl sites for hydroxylation is 1. The normalized spacial score (nSPS) is 21.9. The molecule has 0 aliphatic carbocycles. The van der Waals surface area contributed by atoms with Crippen molar-refractivity contribution in [2.24, 2.45) is 5.73 Å². The number of rotatable bonds is 3. The molecule has 2 N–H and O–H groups in total. The van der Waals surface area contributed by atoms with Gasteiger partial charge in [0, 0.05) is 6.54 Å². The van der Waals surface area contributed by atoms with Gasteiger partial charge in [-0.15, -0.1) is 0 Å². The molecule has 1 heterocycles. The highest BCUT2D eigenvalue weighted by Crippen LogP contribution is 2.44. The zero-order valence-electron chi connectivity index (χ0n) is 13.5. The first kappa shape index (κ1) is 15.8. The van der Waals surface area contributed by atoms with E-state index in [1.807, 2.05) is 31.7 Å². The Kier molecular flexibility index (Phi) is 4.28. The van der Waals surface area contributed by atoms with Crippen molar-refractivity contribution in [1.82, 2.24) is 4.90 Å². The van der Waals surface area contributed by atoms with E-state index in [1.165, 1.54) is 5.56 Å². The molecule has 0 aromatic heterocycles. The zero-order chi connectivity index (χ0) is 15.7. The Hall–Kier alpha value is -1.55. The van der Waals surface area contributed by atoms with Crippen molar-refractivity contribution in [3.63, 3.8) is 0 Å². The lowest BCUT2D eigenvalue weighted by atomic mass is 9.75. The number of carbonyl (C=O) groups excluding carboxylic acids is 1. The summed E-state index contributed by atoms with van der Waals surface area (Å²) in [5.74, 6) is 0. The van der Waals surface area contributed by atoms with Crippen LogP contribution in [-0.4, -0.2) is 29.7 Å². The van der Waals surface area contributed by atoms with Crippen LogP contribution in [0.5, 0.6) is 0 Å². The van der Waals surface area contributed by atoms with Crippen molar-refractivity contribution in [3.8, 4) is 0 Å². The predicted octanol–water partition coefficient (Wildman–Crippen LogP) is 3.18. The third kappa shape index (κ3) is 3.21. The Balaban J connectivity index is 2.29. The maximum atomic E-state index is 12.5. The summed E-state index contributed by atoms with van der Waals surface area (Å²) < 4.78 is 5.54. The monoisotopic (exact) mass is 290 g/mol. The molecule has 1 atom stereocenters. The number of amides is 1. The molecule has 1 aromatic rings. The van der Waals surface area contributed by atoms with Gasteiger partial charge in [-0.1, -0.05) is 29.8 Å². The van der Waals surface area contributed by atoms with Gasteiger partial charge in [-0.2, -0.15) is 0 Å². The smallest absolute Gasteiger partial charge is 0.411 e. The van der Waals surface area contributed by atoms with Crippen molar-refractivity contribution < 1.29 is 9.53 Å². The summed E-state index contributed by atoms with van der Waals surface area (Å²) in [6.07, 6.45) is 1.45. The summed E-state index contributed by atoms with van der Waals surface area (Å²) in [6.45, 7) is 9.01. The van der Waals surface area contributed by atoms with Crippen molar-refractivity contribution in [2.75, 3.05) is 13.1 Å². The molecular formula is C17H26N2O2. The first-order chi connectivity index (χ1) is 9.78. The molecule has 0 radical (unpaired) electrons. The Morgan fingerprint density at radius 2 is 2.14 bits per heavy atom. The van der Waals surface area contributed by atoms with Crippen molar-refractivity contribution in [2.45, 2.75) is 51.7 Å². The van der Waals surface area contributed by atoms with E-state index in [9.17, 15) is 4.79 Å². The van der Waals surface area contributed by atoms with Crippen LogP contribution in [0.4, 0.5) is 4.79 Å². The van der Waals surface area contributed by atoms with Gasteiger partial charge in [0.25, 0.3) is 0 Å². The summed E-state index contributed by atoms with van der Waals surface area (Å²) in [6, 6.07) is 8.33. The van der Waals surface area contributed by atoms with Crippen molar-refractivity contribution >= 4 is 6.09 Å². The molecule has 4 heteroatoms. The van der Waals surface area contributed by atoms with Gasteiger partial charge in [-0.3, -0.25) is 4.90 Å². The van der Waals surface area contributed by atoms with Gasteiger partial charge < -0.3 is 10.5 Å². The largest absolute Gasteiger partial charge is 0.444 e. The summed E-state index contributed by atoms with van der Waals surface area (Å²) >= 11 is 0. The van der Waals surface area contributed by atoms with Crippen LogP contribution in [0.25, 0.3) is 0 Å². The second-order valence-electron chi connectivity index (χ2n) is 6.82. The quantitative estimate of drug-likeness (QED) is 0.930. The second kappa shape index (κ2) is 5.68. The molecule has 21 heavy (non-hydrogen) atoms. The number of hydrogen-bond acceptors (Lipinski definition) is 3.